The van der Waals surface area contributed by atoms with E-state index >= 15 is 0 Å². The summed E-state index contributed by atoms with van der Waals surface area (Å²) >= 11 is 0. The molecule has 0 aromatic heterocycles. The average Bonchev–Trinajstić information content (AvgIpc) is 2.87. The fourth-order valence-corrected chi connectivity index (χ4v) is 2.05. The number of nitrogens with one attached hydrogen (secondary N) is 1. The van der Waals surface area contributed by atoms with E-state index in [2.05, 4.69) is 12.2 Å². The summed E-state index contributed by atoms with van der Waals surface area (Å²) in [5.41, 5.74) is 0. The lowest BCUT2D eigenvalue weighted by molar-refractivity contribution is -0.0318. The SMILES string of the molecule is COCC(C)OCC(O)CNC(C)C1CCOC1. The van der Waals surface area contributed by atoms with Crippen LogP contribution in [0.25, 0.3) is 0 Å². The largest absolute Gasteiger partial charge is 0.389 e. The van der Waals surface area contributed by atoms with Crippen LogP contribution in [0.1, 0.15) is 20.3 Å². The van der Waals surface area contributed by atoms with Gasteiger partial charge in [0.1, 0.15) is 0 Å². The molecule has 5 heteroatoms. The van der Waals surface area contributed by atoms with E-state index < -0.39 is 6.10 Å². The second-order valence-electron chi connectivity index (χ2n) is 5.07. The number of ether oxygens (including phenoxy) is 3. The molecule has 18 heavy (non-hydrogen) atoms. The molecule has 0 aromatic rings. The maximum Gasteiger partial charge on any atom is 0.0897 e. The minimum Gasteiger partial charge on any atom is -0.389 e. The summed E-state index contributed by atoms with van der Waals surface area (Å²) in [7, 11) is 1.64. The van der Waals surface area contributed by atoms with Crippen molar-refractivity contribution in [1.82, 2.24) is 5.32 Å². The highest BCUT2D eigenvalue weighted by Crippen LogP contribution is 2.16. The fourth-order valence-electron chi connectivity index (χ4n) is 2.05. The van der Waals surface area contributed by atoms with Gasteiger partial charge < -0.3 is 24.6 Å². The minimum atomic E-state index is -0.478. The van der Waals surface area contributed by atoms with E-state index in [4.69, 9.17) is 14.2 Å². The van der Waals surface area contributed by atoms with Crippen LogP contribution in [-0.4, -0.2) is 63.4 Å². The van der Waals surface area contributed by atoms with Crippen LogP contribution in [0, 0.1) is 5.92 Å². The van der Waals surface area contributed by atoms with E-state index in [-0.39, 0.29) is 6.10 Å². The van der Waals surface area contributed by atoms with E-state index in [9.17, 15) is 5.11 Å². The summed E-state index contributed by atoms with van der Waals surface area (Å²) in [6, 6.07) is 0.374. The molecular formula is C13H27NO4. The molecule has 4 unspecified atom stereocenters. The van der Waals surface area contributed by atoms with E-state index in [0.29, 0.717) is 31.7 Å². The number of hydrogen-bond acceptors (Lipinski definition) is 5. The topological polar surface area (TPSA) is 60.0 Å². The summed E-state index contributed by atoms with van der Waals surface area (Å²) < 4.78 is 15.8. The second kappa shape index (κ2) is 8.82. The predicted octanol–water partition coefficient (Wildman–Crippen LogP) is 0.413. The highest BCUT2D eigenvalue weighted by molar-refractivity contribution is 4.76. The lowest BCUT2D eigenvalue weighted by Crippen LogP contribution is -2.40. The molecule has 0 saturated carbocycles. The quantitative estimate of drug-likeness (QED) is 0.630. The van der Waals surface area contributed by atoms with Gasteiger partial charge in [-0.2, -0.15) is 0 Å². The maximum absolute atomic E-state index is 9.80. The molecule has 0 aliphatic carbocycles. The molecular weight excluding hydrogens is 234 g/mol. The molecule has 0 radical (unpaired) electrons. The van der Waals surface area contributed by atoms with E-state index in [1.807, 2.05) is 6.92 Å². The van der Waals surface area contributed by atoms with Gasteiger partial charge in [-0.15, -0.1) is 0 Å². The Balaban J connectivity index is 2.06. The Kier molecular flexibility index (Phi) is 7.77. The van der Waals surface area contributed by atoms with Gasteiger partial charge in [0.05, 0.1) is 32.0 Å². The maximum atomic E-state index is 9.80. The molecule has 5 nitrogen and oxygen atoms in total. The monoisotopic (exact) mass is 261 g/mol. The summed E-state index contributed by atoms with van der Waals surface area (Å²) in [6.07, 6.45) is 0.644. The van der Waals surface area contributed by atoms with Crippen LogP contribution in [-0.2, 0) is 14.2 Å². The highest BCUT2D eigenvalue weighted by Gasteiger charge is 2.22. The Bertz CT molecular complexity index is 209. The first-order valence-corrected chi connectivity index (χ1v) is 6.73. The Morgan fingerprint density at radius 1 is 1.39 bits per heavy atom. The molecule has 1 saturated heterocycles. The Morgan fingerprint density at radius 3 is 2.78 bits per heavy atom. The lowest BCUT2D eigenvalue weighted by Gasteiger charge is -2.22. The van der Waals surface area contributed by atoms with Crippen molar-refractivity contribution in [3.8, 4) is 0 Å². The molecule has 4 atom stereocenters. The summed E-state index contributed by atoms with van der Waals surface area (Å²) in [6.45, 7) is 7.20. The Labute approximate surface area is 110 Å². The van der Waals surface area contributed by atoms with Gasteiger partial charge in [0, 0.05) is 26.3 Å². The van der Waals surface area contributed by atoms with E-state index in [1.165, 1.54) is 0 Å². The molecule has 2 N–H and O–H groups in total. The molecule has 1 heterocycles. The van der Waals surface area contributed by atoms with Crippen LogP contribution in [0.5, 0.6) is 0 Å². The van der Waals surface area contributed by atoms with Crippen LogP contribution >= 0.6 is 0 Å². The molecule has 0 bridgehead atoms. The third-order valence-electron chi connectivity index (χ3n) is 3.32. The fraction of sp³-hybridized carbons (Fsp3) is 1.00. The molecule has 1 fully saturated rings. The summed E-state index contributed by atoms with van der Waals surface area (Å²) in [4.78, 5) is 0. The molecule has 1 rings (SSSR count). The van der Waals surface area contributed by atoms with Gasteiger partial charge in [-0.3, -0.25) is 0 Å². The molecule has 0 spiro atoms. The molecule has 0 aromatic carbocycles. The van der Waals surface area contributed by atoms with Crippen molar-refractivity contribution in [2.45, 2.75) is 38.5 Å². The smallest absolute Gasteiger partial charge is 0.0897 e. The van der Waals surface area contributed by atoms with Crippen molar-refractivity contribution in [2.75, 3.05) is 40.1 Å². The summed E-state index contributed by atoms with van der Waals surface area (Å²) in [5.74, 6) is 0.561. The first-order chi connectivity index (χ1) is 8.63. The van der Waals surface area contributed by atoms with Crippen molar-refractivity contribution in [3.05, 3.63) is 0 Å². The van der Waals surface area contributed by atoms with Gasteiger partial charge >= 0.3 is 0 Å². The lowest BCUT2D eigenvalue weighted by atomic mass is 10.0. The third-order valence-corrected chi connectivity index (χ3v) is 3.32. The van der Waals surface area contributed by atoms with Crippen LogP contribution in [0.15, 0.2) is 0 Å². The van der Waals surface area contributed by atoms with Gasteiger partial charge in [-0.25, -0.2) is 0 Å². The first kappa shape index (κ1) is 15.9. The minimum absolute atomic E-state index is 0.0188. The van der Waals surface area contributed by atoms with Crippen molar-refractivity contribution < 1.29 is 19.3 Å². The number of rotatable bonds is 9. The number of methoxy groups -OCH3 is 1. The van der Waals surface area contributed by atoms with Gasteiger partial charge in [0.25, 0.3) is 0 Å². The van der Waals surface area contributed by atoms with Gasteiger partial charge in [0.2, 0.25) is 0 Å². The molecule has 1 aliphatic rings. The summed E-state index contributed by atoms with van der Waals surface area (Å²) in [5, 5.41) is 13.1. The van der Waals surface area contributed by atoms with Crippen LogP contribution in [0.4, 0.5) is 0 Å². The second-order valence-corrected chi connectivity index (χ2v) is 5.07. The number of aliphatic hydroxyl groups excluding tert-OH is 1. The van der Waals surface area contributed by atoms with Crippen molar-refractivity contribution in [1.29, 1.82) is 0 Å². The van der Waals surface area contributed by atoms with Crippen molar-refractivity contribution in [2.24, 2.45) is 5.92 Å². The normalized spacial score (nSPS) is 25.0. The zero-order valence-corrected chi connectivity index (χ0v) is 11.7. The molecule has 0 amide bonds. The van der Waals surface area contributed by atoms with Crippen LogP contribution < -0.4 is 5.32 Å². The van der Waals surface area contributed by atoms with Crippen molar-refractivity contribution in [3.63, 3.8) is 0 Å². The Morgan fingerprint density at radius 2 is 2.17 bits per heavy atom. The third kappa shape index (κ3) is 6.11. The van der Waals surface area contributed by atoms with Gasteiger partial charge in [-0.05, 0) is 26.2 Å². The van der Waals surface area contributed by atoms with Gasteiger partial charge in [0.15, 0.2) is 0 Å². The zero-order valence-electron chi connectivity index (χ0n) is 11.7. The van der Waals surface area contributed by atoms with Crippen molar-refractivity contribution >= 4 is 0 Å². The van der Waals surface area contributed by atoms with E-state index in [0.717, 1.165) is 19.6 Å². The number of hydrogen-bond donors (Lipinski definition) is 2. The Hall–Kier alpha value is -0.200. The average molecular weight is 261 g/mol. The van der Waals surface area contributed by atoms with Crippen LogP contribution in [0.3, 0.4) is 0 Å². The number of aliphatic hydroxyl groups is 1. The van der Waals surface area contributed by atoms with E-state index in [1.54, 1.807) is 7.11 Å². The molecule has 108 valence electrons. The zero-order chi connectivity index (χ0) is 13.4. The standard InChI is InChI=1S/C13H27NO4/c1-10(7-16-3)18-9-13(15)6-14-11(2)12-4-5-17-8-12/h10-15H,4-9H2,1-3H3. The van der Waals surface area contributed by atoms with Crippen LogP contribution in [0.2, 0.25) is 0 Å². The van der Waals surface area contributed by atoms with Gasteiger partial charge in [-0.1, -0.05) is 0 Å². The predicted molar refractivity (Wildman–Crippen MR) is 69.7 cm³/mol. The molecule has 1 aliphatic heterocycles. The first-order valence-electron chi connectivity index (χ1n) is 6.73. The highest BCUT2D eigenvalue weighted by atomic mass is 16.5.